The normalized spacial score (nSPS) is 8.13. The second-order valence-corrected chi connectivity index (χ2v) is 4.57. The number of aliphatic carboxylic acids is 4. The molecule has 0 unspecified atom stereocenters. The van der Waals surface area contributed by atoms with E-state index in [2.05, 4.69) is 9.97 Å². The van der Waals surface area contributed by atoms with Crippen LogP contribution in [0, 0.1) is 0 Å². The fraction of sp³-hybridized carbons (Fsp3) is 0. The first-order chi connectivity index (χ1) is 13.9. The Morgan fingerprint density at radius 2 is 0.903 bits per heavy atom. The number of pyridine rings is 2. The summed E-state index contributed by atoms with van der Waals surface area (Å²) in [6.45, 7) is 0. The van der Waals surface area contributed by atoms with Crippen LogP contribution in [-0.2, 0) is 40.2 Å². The molecule has 2 aromatic heterocycles. The zero-order valence-electron chi connectivity index (χ0n) is 15.1. The van der Waals surface area contributed by atoms with Crippen LogP contribution in [0.15, 0.2) is 49.1 Å². The van der Waals surface area contributed by atoms with Crippen molar-refractivity contribution < 1.29 is 90.7 Å². The summed E-state index contributed by atoms with van der Waals surface area (Å²) >= 11 is 0. The molecule has 0 saturated carbocycles. The molecule has 0 aromatic carbocycles. The van der Waals surface area contributed by atoms with Crippen molar-refractivity contribution in [1.29, 1.82) is 0 Å². The van der Waals surface area contributed by atoms with E-state index >= 15 is 0 Å². The zero-order valence-corrected chi connectivity index (χ0v) is 17.4. The van der Waals surface area contributed by atoms with Crippen LogP contribution in [0.25, 0.3) is 0 Å². The van der Waals surface area contributed by atoms with E-state index in [9.17, 15) is 0 Å². The maximum atomic E-state index is 8.93. The van der Waals surface area contributed by atoms with Crippen molar-refractivity contribution in [2.24, 2.45) is 0 Å². The molecule has 17 heteroatoms. The van der Waals surface area contributed by atoms with Crippen molar-refractivity contribution in [3.8, 4) is 0 Å². The predicted molar refractivity (Wildman–Crippen MR) is 85.7 cm³/mol. The van der Waals surface area contributed by atoms with Gasteiger partial charge in [0, 0.05) is 23.1 Å². The Morgan fingerprint density at radius 1 is 0.645 bits per heavy atom. The Bertz CT molecular complexity index is 705. The first-order valence-corrected chi connectivity index (χ1v) is 7.39. The number of hydrogen-bond acceptors (Lipinski definition) is 12. The quantitative estimate of drug-likeness (QED) is 0.180. The molecular weight excluding hydrogens is 605 g/mol. The van der Waals surface area contributed by atoms with Gasteiger partial charge in [-0.15, -0.1) is 0 Å². The Morgan fingerprint density at radius 3 is 1.00 bits per heavy atom. The van der Waals surface area contributed by atoms with Crippen molar-refractivity contribution >= 4 is 49.0 Å². The van der Waals surface area contributed by atoms with Crippen LogP contribution >= 0.6 is 0 Å². The monoisotopic (exact) mass is 619 g/mol. The molecule has 31 heavy (non-hydrogen) atoms. The van der Waals surface area contributed by atoms with Crippen LogP contribution in [0.4, 0.5) is 0 Å². The maximum absolute atomic E-state index is 8.93. The zero-order chi connectivity index (χ0) is 23.7. The molecule has 0 spiro atoms. The molecule has 2 aromatic rings. The second kappa shape index (κ2) is 18.8. The summed E-state index contributed by atoms with van der Waals surface area (Å²) in [6.07, 6.45) is 6.47. The number of carboxylic acid groups (broad SMARTS) is 4. The van der Waals surface area contributed by atoms with Gasteiger partial charge in [-0.2, -0.15) is 0 Å². The Kier molecular flexibility index (Phi) is 19.8. The second-order valence-electron chi connectivity index (χ2n) is 4.57. The topological polar surface area (TPSA) is 270 Å². The van der Waals surface area contributed by atoms with Crippen LogP contribution in [0.2, 0.25) is 0 Å². The van der Waals surface area contributed by atoms with E-state index in [1.807, 2.05) is 0 Å². The number of aromatic amines is 2. The van der Waals surface area contributed by atoms with Gasteiger partial charge in [-0.3, -0.25) is 0 Å². The molecule has 0 fully saturated rings. The van der Waals surface area contributed by atoms with Gasteiger partial charge in [-0.05, 0) is 0 Å². The van der Waals surface area contributed by atoms with Crippen LogP contribution < -0.4 is 41.3 Å². The third kappa shape index (κ3) is 19.9. The van der Waals surface area contributed by atoms with Crippen molar-refractivity contribution in [3.05, 3.63) is 49.1 Å². The number of aromatic nitrogens is 2. The van der Waals surface area contributed by atoms with Gasteiger partial charge < -0.3 is 59.7 Å². The standard InChI is InChI=1S/2C5H6BNO2.2C2H2O4.Pt/c2*8-6(9)5-2-1-3-7-4-5;2*3-1(4)2(5)6;/h2*1-4,8-9H;2*(H,3,4)(H,5,6);/q;;;;+2/p-2. The van der Waals surface area contributed by atoms with Crippen LogP contribution in [-0.4, -0.2) is 58.2 Å². The minimum absolute atomic E-state index is 0. The van der Waals surface area contributed by atoms with E-state index in [4.69, 9.17) is 59.7 Å². The predicted octanol–water partition coefficient (Wildman–Crippen LogP) is -10.7. The summed E-state index contributed by atoms with van der Waals surface area (Å²) < 4.78 is 0. The van der Waals surface area contributed by atoms with E-state index in [0.29, 0.717) is 10.9 Å². The average molecular weight is 619 g/mol. The molecule has 0 saturated heterocycles. The largest absolute Gasteiger partial charge is 2.00 e. The first-order valence-electron chi connectivity index (χ1n) is 7.39. The summed E-state index contributed by atoms with van der Waals surface area (Å²) in [6, 6.07) is 6.66. The molecular formula is C14H14B2N2O12Pt. The molecule has 6 N–H and O–H groups in total. The van der Waals surface area contributed by atoms with Crippen molar-refractivity contribution in [1.82, 2.24) is 0 Å². The third-order valence-corrected chi connectivity index (χ3v) is 2.39. The van der Waals surface area contributed by atoms with Crippen LogP contribution in [0.5, 0.6) is 0 Å². The van der Waals surface area contributed by atoms with Crippen LogP contribution in [0.1, 0.15) is 0 Å². The Balaban J connectivity index is -0.000000341. The number of rotatable bonds is 2. The van der Waals surface area contributed by atoms with Crippen LogP contribution in [0.3, 0.4) is 0 Å². The fourth-order valence-corrected chi connectivity index (χ4v) is 1.14. The van der Waals surface area contributed by atoms with Gasteiger partial charge in [0.05, 0.1) is 23.9 Å². The molecule has 14 nitrogen and oxygen atoms in total. The van der Waals surface area contributed by atoms with Crippen molar-refractivity contribution in [3.63, 3.8) is 0 Å². The maximum Gasteiger partial charge on any atom is 2.00 e. The number of carbonyl (C=O) groups excluding carboxylic acids is 4. The summed E-state index contributed by atoms with van der Waals surface area (Å²) in [5.41, 5.74) is 0.940. The molecule has 0 atom stereocenters. The van der Waals surface area contributed by atoms with E-state index in [0.717, 1.165) is 0 Å². The van der Waals surface area contributed by atoms with E-state index in [1.165, 1.54) is 12.4 Å². The minimum atomic E-state index is -2.19. The van der Waals surface area contributed by atoms with Gasteiger partial charge in [0.15, 0.2) is 24.8 Å². The number of nitrogens with one attached hydrogen (secondary N) is 2. The fourth-order valence-electron chi connectivity index (χ4n) is 1.14. The molecule has 0 amide bonds. The molecule has 2 rings (SSSR count). The number of H-pyrrole nitrogens is 2. The SMILES string of the molecule is O=C([O-])C(=O)[O-].O=C([O-])C(=O)[O-].OB(O)c1ccc[nH+]c1.OB(O)c1ccc[nH+]c1.[Pt+2]. The van der Waals surface area contributed by atoms with Gasteiger partial charge in [0.25, 0.3) is 0 Å². The third-order valence-electron chi connectivity index (χ3n) is 2.39. The summed E-state index contributed by atoms with van der Waals surface area (Å²) in [7, 11) is -2.75. The van der Waals surface area contributed by atoms with Crippen molar-refractivity contribution in [2.45, 2.75) is 0 Å². The summed E-state index contributed by atoms with van der Waals surface area (Å²) in [5.74, 6) is -8.74. The Hall–Kier alpha value is -3.16. The molecule has 0 aliphatic heterocycles. The number of carbonyl (C=O) groups is 4. The van der Waals surface area contributed by atoms with E-state index in [-0.39, 0.29) is 21.1 Å². The summed E-state index contributed by atoms with van der Waals surface area (Å²) in [5, 5.41) is 69.9. The van der Waals surface area contributed by atoms with Crippen molar-refractivity contribution in [2.75, 3.05) is 0 Å². The smallest absolute Gasteiger partial charge is 0.543 e. The average Bonchev–Trinajstić information content (AvgIpc) is 2.70. The molecule has 168 valence electrons. The Labute approximate surface area is 189 Å². The van der Waals surface area contributed by atoms with Gasteiger partial charge in [0.1, 0.15) is 0 Å². The van der Waals surface area contributed by atoms with Gasteiger partial charge in [-0.1, -0.05) is 12.1 Å². The van der Waals surface area contributed by atoms with E-state index < -0.39 is 38.1 Å². The molecule has 0 bridgehead atoms. The first kappa shape index (κ1) is 32.5. The summed E-state index contributed by atoms with van der Waals surface area (Å²) in [4.78, 5) is 41.1. The molecule has 2 heterocycles. The van der Waals surface area contributed by atoms with Gasteiger partial charge in [-0.25, -0.2) is 9.97 Å². The van der Waals surface area contributed by atoms with E-state index in [1.54, 1.807) is 36.7 Å². The minimum Gasteiger partial charge on any atom is -0.543 e. The molecule has 0 radical (unpaired) electrons. The number of carboxylic acids is 4. The molecule has 0 aliphatic rings. The number of hydrogen-bond donors (Lipinski definition) is 4. The van der Waals surface area contributed by atoms with Gasteiger partial charge >= 0.3 is 35.3 Å². The van der Waals surface area contributed by atoms with Gasteiger partial charge in [0.2, 0.25) is 0 Å². The molecule has 0 aliphatic carbocycles.